The molecule has 10 heteroatoms. The number of nitrogens with one attached hydrogen (secondary N) is 1. The predicted molar refractivity (Wildman–Crippen MR) is 37.5 cm³/mol. The second kappa shape index (κ2) is 17.2. The molecule has 14 heavy (non-hydrogen) atoms. The van der Waals surface area contributed by atoms with E-state index in [1.807, 2.05) is 0 Å². The molecular weight excluding hydrogens is 236 g/mol. The number of aliphatic hydroxyl groups is 2. The first-order valence-electron chi connectivity index (χ1n) is 3.01. The quantitative estimate of drug-likeness (QED) is 0.194. The topological polar surface area (TPSA) is 133 Å². The van der Waals surface area contributed by atoms with Crippen LogP contribution >= 0.6 is 0 Å². The van der Waals surface area contributed by atoms with Crippen LogP contribution in [0.1, 0.15) is 0 Å². The van der Waals surface area contributed by atoms with Gasteiger partial charge >= 0.3 is 59.1 Å². The summed E-state index contributed by atoms with van der Waals surface area (Å²) in [5.41, 5.74) is 0. The van der Waals surface area contributed by atoms with Crippen LogP contribution in [-0.4, -0.2) is 54.0 Å². The summed E-state index contributed by atoms with van der Waals surface area (Å²) >= 11 is 0. The van der Waals surface area contributed by atoms with Crippen LogP contribution in [0.3, 0.4) is 0 Å². The Labute approximate surface area is 127 Å². The van der Waals surface area contributed by atoms with Gasteiger partial charge < -0.3 is 24.6 Å². The van der Waals surface area contributed by atoms with E-state index in [0.717, 1.165) is 0 Å². The van der Waals surface area contributed by atoms with E-state index < -0.39 is 10.4 Å². The summed E-state index contributed by atoms with van der Waals surface area (Å²) < 4.78 is 34.1. The van der Waals surface area contributed by atoms with Crippen LogP contribution < -0.4 is 64.4 Å². The zero-order chi connectivity index (χ0) is 10.0. The molecule has 0 unspecified atom stereocenters. The van der Waals surface area contributed by atoms with Gasteiger partial charge in [0.15, 0.2) is 0 Å². The minimum atomic E-state index is -5.17. The van der Waals surface area contributed by atoms with Crippen LogP contribution in [0.4, 0.5) is 0 Å². The summed E-state index contributed by atoms with van der Waals surface area (Å²) in [6, 6.07) is 0. The van der Waals surface area contributed by atoms with Gasteiger partial charge in [-0.2, -0.15) is 0 Å². The van der Waals surface area contributed by atoms with Crippen molar-refractivity contribution in [2.45, 2.75) is 0 Å². The van der Waals surface area contributed by atoms with Gasteiger partial charge in [0.05, 0.1) is 13.2 Å². The molecule has 0 atom stereocenters. The van der Waals surface area contributed by atoms with Crippen LogP contribution in [0.25, 0.3) is 0 Å². The number of hydrogen-bond donors (Lipinski definition) is 3. The Hall–Kier alpha value is 1.75. The molecule has 0 bridgehead atoms. The normalized spacial score (nSPS) is 8.86. The third-order valence-electron chi connectivity index (χ3n) is 0.577. The molecule has 0 heterocycles. The molecule has 0 saturated carbocycles. The van der Waals surface area contributed by atoms with Gasteiger partial charge in [-0.1, -0.05) is 0 Å². The van der Waals surface area contributed by atoms with Gasteiger partial charge in [0.2, 0.25) is 0 Å². The molecular formula is C4H11NNa2O6S. The number of aliphatic hydroxyl groups excluding tert-OH is 2. The van der Waals surface area contributed by atoms with Gasteiger partial charge in [-0.05, 0) is 0 Å². The molecule has 76 valence electrons. The van der Waals surface area contributed by atoms with Crippen molar-refractivity contribution in [3.8, 4) is 0 Å². The standard InChI is InChI=1S/C4H11NO2.2Na.H2O4S/c6-3-1-5-2-4-7;;;1-5(2,3)4/h5-7H,1-4H2;;;(H2,1,2,3,4)/q;2*+1;/p-2. The van der Waals surface area contributed by atoms with Crippen molar-refractivity contribution in [1.82, 2.24) is 5.32 Å². The molecule has 0 fully saturated rings. The van der Waals surface area contributed by atoms with Crippen molar-refractivity contribution in [3.05, 3.63) is 0 Å². The van der Waals surface area contributed by atoms with Crippen LogP contribution in [-0.2, 0) is 10.4 Å². The Morgan fingerprint density at radius 1 is 1.00 bits per heavy atom. The van der Waals surface area contributed by atoms with Crippen molar-refractivity contribution in [2.75, 3.05) is 26.3 Å². The fraction of sp³-hybridized carbons (Fsp3) is 1.00. The Morgan fingerprint density at radius 2 is 1.21 bits per heavy atom. The maximum atomic E-state index is 8.52. The molecule has 0 amide bonds. The molecule has 0 aliphatic carbocycles. The van der Waals surface area contributed by atoms with E-state index in [2.05, 4.69) is 5.32 Å². The molecule has 0 aromatic heterocycles. The van der Waals surface area contributed by atoms with E-state index in [4.69, 9.17) is 27.7 Å². The first-order chi connectivity index (χ1) is 5.41. The molecule has 0 spiro atoms. The van der Waals surface area contributed by atoms with Crippen molar-refractivity contribution < 1.29 is 86.9 Å². The van der Waals surface area contributed by atoms with Gasteiger partial charge in [-0.3, -0.25) is 8.42 Å². The van der Waals surface area contributed by atoms with Crippen LogP contribution in [0.2, 0.25) is 0 Å². The Bertz CT molecular complexity index is 163. The van der Waals surface area contributed by atoms with Crippen molar-refractivity contribution in [3.63, 3.8) is 0 Å². The first kappa shape index (κ1) is 24.8. The molecule has 0 aliphatic rings. The summed E-state index contributed by atoms with van der Waals surface area (Å²) in [4.78, 5) is 0. The maximum Gasteiger partial charge on any atom is 1.00 e. The van der Waals surface area contributed by atoms with Crippen molar-refractivity contribution in [1.29, 1.82) is 0 Å². The van der Waals surface area contributed by atoms with E-state index in [0.29, 0.717) is 13.1 Å². The molecule has 0 saturated heterocycles. The largest absolute Gasteiger partial charge is 1.00 e. The van der Waals surface area contributed by atoms with Crippen molar-refractivity contribution >= 4 is 10.4 Å². The third kappa shape index (κ3) is 67.6. The van der Waals surface area contributed by atoms with Gasteiger partial charge in [0.1, 0.15) is 0 Å². The predicted octanol–water partition coefficient (Wildman–Crippen LogP) is -8.77. The van der Waals surface area contributed by atoms with E-state index in [1.54, 1.807) is 0 Å². The Kier molecular flexibility index (Phi) is 30.4. The molecule has 0 aromatic carbocycles. The Morgan fingerprint density at radius 3 is 1.36 bits per heavy atom. The zero-order valence-electron chi connectivity index (χ0n) is 8.26. The van der Waals surface area contributed by atoms with Crippen LogP contribution in [0.15, 0.2) is 0 Å². The maximum absolute atomic E-state index is 8.52. The summed E-state index contributed by atoms with van der Waals surface area (Å²) in [5.74, 6) is 0. The number of rotatable bonds is 4. The smallest absolute Gasteiger partial charge is 0.759 e. The van der Waals surface area contributed by atoms with E-state index in [1.165, 1.54) is 0 Å². The second-order valence-electron chi connectivity index (χ2n) is 1.61. The molecule has 0 aliphatic heterocycles. The fourth-order valence-electron chi connectivity index (χ4n) is 0.283. The average Bonchev–Trinajstić information content (AvgIpc) is 1.85. The summed E-state index contributed by atoms with van der Waals surface area (Å²) in [5, 5.41) is 19.1. The van der Waals surface area contributed by atoms with E-state index in [9.17, 15) is 0 Å². The third-order valence-corrected chi connectivity index (χ3v) is 0.577. The summed E-state index contributed by atoms with van der Waals surface area (Å²) in [6.45, 7) is 1.42. The SMILES string of the molecule is O=S(=O)([O-])[O-].OCCNCCO.[Na+].[Na+]. The summed E-state index contributed by atoms with van der Waals surface area (Å²) in [6.07, 6.45) is 0. The molecule has 0 rings (SSSR count). The molecule has 0 aromatic rings. The molecule has 7 nitrogen and oxygen atoms in total. The van der Waals surface area contributed by atoms with Crippen LogP contribution in [0, 0.1) is 0 Å². The zero-order valence-corrected chi connectivity index (χ0v) is 13.1. The van der Waals surface area contributed by atoms with E-state index >= 15 is 0 Å². The first-order valence-corrected chi connectivity index (χ1v) is 4.34. The van der Waals surface area contributed by atoms with Crippen LogP contribution in [0.5, 0.6) is 0 Å². The van der Waals surface area contributed by atoms with Gasteiger partial charge in [-0.15, -0.1) is 0 Å². The molecule has 0 radical (unpaired) electrons. The molecule has 3 N–H and O–H groups in total. The minimum absolute atomic E-state index is 0. The minimum Gasteiger partial charge on any atom is -0.759 e. The summed E-state index contributed by atoms with van der Waals surface area (Å²) in [7, 11) is -5.17. The fourth-order valence-corrected chi connectivity index (χ4v) is 0.283. The van der Waals surface area contributed by atoms with Gasteiger partial charge in [-0.25, -0.2) is 0 Å². The Balaban J connectivity index is -0.0000000651. The van der Waals surface area contributed by atoms with Crippen molar-refractivity contribution in [2.24, 2.45) is 0 Å². The average molecular weight is 247 g/mol. The van der Waals surface area contributed by atoms with E-state index in [-0.39, 0.29) is 72.3 Å². The second-order valence-corrected chi connectivity index (χ2v) is 2.42. The monoisotopic (exact) mass is 247 g/mol. The number of hydrogen-bond acceptors (Lipinski definition) is 7. The van der Waals surface area contributed by atoms with Gasteiger partial charge in [0, 0.05) is 23.5 Å². The van der Waals surface area contributed by atoms with Gasteiger partial charge in [0.25, 0.3) is 0 Å².